The van der Waals surface area contributed by atoms with Crippen molar-refractivity contribution in [2.75, 3.05) is 12.6 Å². The van der Waals surface area contributed by atoms with E-state index in [9.17, 15) is 17.6 Å². The summed E-state index contributed by atoms with van der Waals surface area (Å²) >= 11 is 0. The van der Waals surface area contributed by atoms with Gasteiger partial charge in [0.25, 0.3) is 0 Å². The number of hydrogen-bond acceptors (Lipinski definition) is 4. The molecule has 1 heterocycles. The van der Waals surface area contributed by atoms with Gasteiger partial charge in [-0.2, -0.15) is 0 Å². The van der Waals surface area contributed by atoms with Crippen molar-refractivity contribution in [3.05, 3.63) is 54.1 Å². The predicted molar refractivity (Wildman–Crippen MR) is 163 cm³/mol. The number of nitrogens with one attached hydrogen (secondary N) is 2. The van der Waals surface area contributed by atoms with E-state index in [-0.39, 0.29) is 18.7 Å². The zero-order valence-corrected chi connectivity index (χ0v) is 23.1. The summed E-state index contributed by atoms with van der Waals surface area (Å²) in [6.45, 7) is 0.0922. The van der Waals surface area contributed by atoms with Gasteiger partial charge in [-0.1, -0.05) is 53.9 Å². The van der Waals surface area contributed by atoms with Crippen LogP contribution in [0.3, 0.4) is 0 Å². The summed E-state index contributed by atoms with van der Waals surface area (Å²) in [6.07, 6.45) is 1.15. The normalized spacial score (nSPS) is 20.6. The number of carbonyl (C=O) groups is 1. The fourth-order valence-corrected chi connectivity index (χ4v) is 5.98. The summed E-state index contributed by atoms with van der Waals surface area (Å²) in [7, 11) is 41.9. The van der Waals surface area contributed by atoms with Gasteiger partial charge in [0.15, 0.2) is 0 Å². The minimum atomic E-state index is -4.33. The smallest absolute Gasteiger partial charge is 0.316 e. The summed E-state index contributed by atoms with van der Waals surface area (Å²) < 4.78 is 46.6. The van der Waals surface area contributed by atoms with Gasteiger partial charge < -0.3 is 15.0 Å². The summed E-state index contributed by atoms with van der Waals surface area (Å²) in [6, 6.07) is 10.1. The van der Waals surface area contributed by atoms with E-state index in [2.05, 4.69) is 10.0 Å². The zero-order valence-electron chi connectivity index (χ0n) is 22.3. The van der Waals surface area contributed by atoms with Crippen LogP contribution in [0, 0.1) is 5.41 Å². The molecule has 41 heavy (non-hydrogen) atoms. The van der Waals surface area contributed by atoms with Crippen molar-refractivity contribution in [3.63, 3.8) is 0 Å². The summed E-state index contributed by atoms with van der Waals surface area (Å²) in [5.74, 6) is 0.215. The lowest BCUT2D eigenvalue weighted by Crippen LogP contribution is -2.62. The Kier molecular flexibility index (Phi) is 8.67. The second-order valence-electron chi connectivity index (χ2n) is 10.9. The molecule has 0 aromatic heterocycles. The predicted octanol–water partition coefficient (Wildman–Crippen LogP) is -0.649. The maximum Gasteiger partial charge on any atom is 0.316 e. The van der Waals surface area contributed by atoms with Crippen LogP contribution in [0.5, 0.6) is 5.75 Å². The molecule has 1 aliphatic heterocycles. The Hall–Kier alpha value is -2.13. The molecule has 7 nitrogen and oxygen atoms in total. The van der Waals surface area contributed by atoms with E-state index >= 15 is 0 Å². The number of halogens is 1. The number of rotatable bonds is 10. The maximum absolute atomic E-state index is 13.6. The van der Waals surface area contributed by atoms with Crippen molar-refractivity contribution in [2.45, 2.75) is 47.1 Å². The number of sulfonamides is 1. The third-order valence-electron chi connectivity index (χ3n) is 7.45. The molecule has 2 aromatic carbocycles. The van der Waals surface area contributed by atoms with Crippen LogP contribution in [-0.4, -0.2) is 117 Å². The number of carbonyl (C=O) groups excluding carboxylic acids is 1. The van der Waals surface area contributed by atoms with Crippen LogP contribution in [0.1, 0.15) is 18.4 Å². The Morgan fingerprint density at radius 1 is 1.00 bits per heavy atom. The number of amides is 2. The number of hydrogen-bond donors (Lipinski definition) is 2. The van der Waals surface area contributed by atoms with Crippen LogP contribution in [0.2, 0.25) is 5.11 Å². The van der Waals surface area contributed by atoms with E-state index in [1.807, 2.05) is 30.3 Å². The first kappa shape index (κ1) is 31.8. The Bertz CT molecular complexity index is 1390. The highest BCUT2D eigenvalue weighted by atomic mass is 32.2. The fourth-order valence-electron chi connectivity index (χ4n) is 5.12. The van der Waals surface area contributed by atoms with Gasteiger partial charge in [0, 0.05) is 23.6 Å². The van der Waals surface area contributed by atoms with Crippen molar-refractivity contribution < 1.29 is 22.3 Å². The van der Waals surface area contributed by atoms with E-state index in [4.69, 9.17) is 67.5 Å². The Morgan fingerprint density at radius 3 is 2.17 bits per heavy atom. The number of alkyl halides is 1. The number of benzene rings is 2. The van der Waals surface area contributed by atoms with Gasteiger partial charge in [0.2, 0.25) is 16.0 Å². The topological polar surface area (TPSA) is 87.7 Å². The lowest BCUT2D eigenvalue weighted by atomic mass is 9.26. The highest BCUT2D eigenvalue weighted by Crippen LogP contribution is 2.56. The van der Waals surface area contributed by atoms with E-state index in [1.165, 1.54) is 4.90 Å². The molecule has 16 radical (unpaired) electrons. The fraction of sp³-hybridized carbons (Fsp3) is 0.458. The molecule has 1 saturated carbocycles. The van der Waals surface area contributed by atoms with Gasteiger partial charge in [-0.15, -0.1) is 5.11 Å². The van der Waals surface area contributed by atoms with E-state index in [1.54, 1.807) is 18.2 Å². The first-order chi connectivity index (χ1) is 18.9. The molecule has 1 spiro atoms. The molecule has 2 aliphatic rings. The molecule has 2 amide bonds. The largest absolute Gasteiger partial charge is 0.515 e. The van der Waals surface area contributed by atoms with Gasteiger partial charge in [-0.25, -0.2) is 22.3 Å². The molecule has 4 rings (SSSR count). The summed E-state index contributed by atoms with van der Waals surface area (Å²) in [4.78, 5) is 14.9. The minimum Gasteiger partial charge on any atom is -0.515 e. The molecule has 2 aromatic rings. The van der Waals surface area contributed by atoms with Gasteiger partial charge in [-0.3, -0.25) is 0 Å². The third kappa shape index (κ3) is 7.09. The first-order valence-corrected chi connectivity index (χ1v) is 14.4. The first-order valence-electron chi connectivity index (χ1n) is 12.7. The van der Waals surface area contributed by atoms with Crippen molar-refractivity contribution in [3.8, 4) is 16.9 Å². The van der Waals surface area contributed by atoms with Crippen LogP contribution in [0.15, 0.2) is 48.5 Å². The quantitative estimate of drug-likeness (QED) is 0.383. The third-order valence-corrected chi connectivity index (χ3v) is 8.35. The molecule has 0 bridgehead atoms. The van der Waals surface area contributed by atoms with Gasteiger partial charge in [-0.05, 0) is 35.7 Å². The van der Waals surface area contributed by atoms with E-state index < -0.39 is 55.3 Å². The molecular weight excluding hydrogens is 532 g/mol. The van der Waals surface area contributed by atoms with Crippen LogP contribution in [0.4, 0.5) is 9.18 Å². The average molecular weight is 554 g/mol. The number of nitrogens with zero attached hydrogens (tertiary/aromatic N) is 1. The average Bonchev–Trinajstić information content (AvgIpc) is 3.59. The molecule has 194 valence electrons. The Labute approximate surface area is 251 Å². The monoisotopic (exact) mass is 555 g/mol. The SMILES string of the molecule is [B]C([B])([B])Oc1c(C[C@H]2[C@@H](NS(=O)(=O)CF)C3(CC3)CN2C(=O)NC([B])([B])C([B])([B])[B])cccc1-c1ccccc1. The summed E-state index contributed by atoms with van der Waals surface area (Å²) in [5, 5.41) is -4.20. The standard InChI is InChI=1S/C24H22B8FN3O4S/c25-22(26,27)23(28,29)34-20(37)36-12-21(9-10-21)19(35-41(38,39)13-33)17(36)11-15-7-4-8-16(14-5-2-1-3-6-14)18(15)40-24(30,31)32/h1-8,17,19,35H,9-13H2,(H,34,37)/t17-,19+/m0/s1. The van der Waals surface area contributed by atoms with Gasteiger partial charge >= 0.3 is 6.03 Å². The second kappa shape index (κ2) is 11.2. The number of likely N-dealkylation sites (tertiary alicyclic amines) is 1. The van der Waals surface area contributed by atoms with E-state index in [0.29, 0.717) is 24.0 Å². The van der Waals surface area contributed by atoms with E-state index in [0.717, 1.165) is 5.56 Å². The summed E-state index contributed by atoms with van der Waals surface area (Å²) in [5.41, 5.74) is 1.16. The number of para-hydroxylation sites is 1. The lowest BCUT2D eigenvalue weighted by molar-refractivity contribution is 0.185. The van der Waals surface area contributed by atoms with Crippen molar-refractivity contribution in [1.82, 2.24) is 14.9 Å². The van der Waals surface area contributed by atoms with Crippen molar-refractivity contribution in [1.29, 1.82) is 0 Å². The van der Waals surface area contributed by atoms with Crippen molar-refractivity contribution >= 4 is 78.8 Å². The van der Waals surface area contributed by atoms with Crippen molar-refractivity contribution in [2.24, 2.45) is 5.41 Å². The molecule has 1 saturated heterocycles. The molecule has 0 unspecified atom stereocenters. The Balaban J connectivity index is 1.80. The molecule has 17 heteroatoms. The number of urea groups is 1. The van der Waals surface area contributed by atoms with Gasteiger partial charge in [0.05, 0.1) is 45.3 Å². The highest BCUT2D eigenvalue weighted by Gasteiger charge is 2.61. The molecule has 2 N–H and O–H groups in total. The molecule has 1 aliphatic carbocycles. The Morgan fingerprint density at radius 2 is 1.63 bits per heavy atom. The van der Waals surface area contributed by atoms with Crippen LogP contribution >= 0.6 is 0 Å². The van der Waals surface area contributed by atoms with Gasteiger partial charge in [0.1, 0.15) is 29.3 Å². The second-order valence-corrected chi connectivity index (χ2v) is 12.6. The van der Waals surface area contributed by atoms with Crippen LogP contribution in [-0.2, 0) is 16.4 Å². The van der Waals surface area contributed by atoms with Crippen LogP contribution < -0.4 is 14.8 Å². The lowest BCUT2D eigenvalue weighted by Gasteiger charge is -2.44. The highest BCUT2D eigenvalue weighted by molar-refractivity contribution is 7.89. The molecule has 2 atom stereocenters. The molecular formula is C24H22B8FN3O4S. The zero-order chi connectivity index (χ0) is 30.4. The maximum atomic E-state index is 13.6. The van der Waals surface area contributed by atoms with Crippen LogP contribution in [0.25, 0.3) is 11.1 Å². The number of ether oxygens (including phenoxy) is 1. The molecule has 2 fully saturated rings. The minimum absolute atomic E-state index is 0.00188.